The van der Waals surface area contributed by atoms with Crippen LogP contribution in [0.1, 0.15) is 18.8 Å². The van der Waals surface area contributed by atoms with Crippen molar-refractivity contribution in [3.63, 3.8) is 0 Å². The molecule has 0 radical (unpaired) electrons. The van der Waals surface area contributed by atoms with E-state index in [1.807, 2.05) is 14.0 Å². The minimum Gasteiger partial charge on any atom is -0.397 e. The quantitative estimate of drug-likeness (QED) is 0.490. The fraction of sp³-hybridized carbons (Fsp3) is 0.273. The van der Waals surface area contributed by atoms with Gasteiger partial charge in [0.15, 0.2) is 5.82 Å². The predicted octanol–water partition coefficient (Wildman–Crippen LogP) is 1.48. The molecular weight excluding hydrogens is 248 g/mol. The summed E-state index contributed by atoms with van der Waals surface area (Å²) < 4.78 is 1.79. The molecule has 1 aromatic carbocycles. The number of nitrogen functional groups attached to an aromatic ring is 1. The molecular formula is C11H14N6O2. The van der Waals surface area contributed by atoms with Gasteiger partial charge in [-0.15, -0.1) is 10.2 Å². The van der Waals surface area contributed by atoms with Crippen LogP contribution < -0.4 is 11.1 Å². The third-order valence-corrected chi connectivity index (χ3v) is 2.75. The number of nitrogens with one attached hydrogen (secondary N) is 1. The smallest absolute Gasteiger partial charge is 0.271 e. The van der Waals surface area contributed by atoms with Gasteiger partial charge >= 0.3 is 0 Å². The molecule has 2 aromatic rings. The van der Waals surface area contributed by atoms with Crippen molar-refractivity contribution in [3.8, 4) is 0 Å². The van der Waals surface area contributed by atoms with Gasteiger partial charge in [0.2, 0.25) is 0 Å². The van der Waals surface area contributed by atoms with E-state index in [4.69, 9.17) is 5.73 Å². The second kappa shape index (κ2) is 4.92. The highest BCUT2D eigenvalue weighted by molar-refractivity contribution is 5.69. The molecule has 1 atom stereocenters. The second-order valence-electron chi connectivity index (χ2n) is 4.19. The Morgan fingerprint density at radius 1 is 1.53 bits per heavy atom. The number of hydrogen-bond donors (Lipinski definition) is 2. The summed E-state index contributed by atoms with van der Waals surface area (Å²) in [5, 5.41) is 21.6. The largest absolute Gasteiger partial charge is 0.397 e. The summed E-state index contributed by atoms with van der Waals surface area (Å²) in [6, 6.07) is 4.20. The van der Waals surface area contributed by atoms with E-state index >= 15 is 0 Å². The van der Waals surface area contributed by atoms with Crippen LogP contribution in [-0.4, -0.2) is 19.7 Å². The third kappa shape index (κ3) is 2.62. The number of benzene rings is 1. The molecule has 0 saturated carbocycles. The zero-order valence-corrected chi connectivity index (χ0v) is 10.6. The molecule has 0 aliphatic heterocycles. The Hall–Kier alpha value is -2.64. The molecule has 0 aliphatic carbocycles. The van der Waals surface area contributed by atoms with Gasteiger partial charge in [-0.3, -0.25) is 10.1 Å². The van der Waals surface area contributed by atoms with Crippen LogP contribution in [0.3, 0.4) is 0 Å². The summed E-state index contributed by atoms with van der Waals surface area (Å²) in [5.41, 5.74) is 6.70. The molecule has 0 spiro atoms. The highest BCUT2D eigenvalue weighted by Crippen LogP contribution is 2.27. The molecule has 8 nitrogen and oxygen atoms in total. The highest BCUT2D eigenvalue weighted by Gasteiger charge is 2.14. The normalized spacial score (nSPS) is 12.1. The van der Waals surface area contributed by atoms with Crippen LogP contribution in [0.2, 0.25) is 0 Å². The van der Waals surface area contributed by atoms with Crippen LogP contribution in [0.4, 0.5) is 17.1 Å². The number of aromatic nitrogens is 3. The number of nitrogens with two attached hydrogens (primary N) is 1. The molecule has 3 N–H and O–H groups in total. The Kier molecular flexibility index (Phi) is 3.32. The molecule has 1 aromatic heterocycles. The molecule has 2 rings (SSSR count). The van der Waals surface area contributed by atoms with E-state index in [9.17, 15) is 10.1 Å². The lowest BCUT2D eigenvalue weighted by molar-refractivity contribution is -0.384. The number of nitro benzene ring substituents is 1. The Balaban J connectivity index is 2.20. The van der Waals surface area contributed by atoms with E-state index in [1.165, 1.54) is 12.1 Å². The van der Waals surface area contributed by atoms with Crippen molar-refractivity contribution in [2.24, 2.45) is 7.05 Å². The van der Waals surface area contributed by atoms with Crippen molar-refractivity contribution in [2.45, 2.75) is 13.0 Å². The maximum atomic E-state index is 10.6. The topological polar surface area (TPSA) is 112 Å². The standard InChI is InChI=1S/C11H14N6O2/c1-7(11-15-13-6-16(11)2)14-10-4-3-8(17(18)19)5-9(10)12/h3-7,14H,12H2,1-2H3. The highest BCUT2D eigenvalue weighted by atomic mass is 16.6. The Morgan fingerprint density at radius 3 is 2.79 bits per heavy atom. The molecule has 0 aliphatic rings. The number of nitro groups is 1. The van der Waals surface area contributed by atoms with Crippen LogP contribution in [-0.2, 0) is 7.05 Å². The van der Waals surface area contributed by atoms with Crippen molar-refractivity contribution < 1.29 is 4.92 Å². The summed E-state index contributed by atoms with van der Waals surface area (Å²) >= 11 is 0. The number of hydrogen-bond acceptors (Lipinski definition) is 6. The van der Waals surface area contributed by atoms with E-state index < -0.39 is 4.92 Å². The first-order valence-electron chi connectivity index (χ1n) is 5.63. The summed E-state index contributed by atoms with van der Waals surface area (Å²) in [4.78, 5) is 10.1. The first-order valence-corrected chi connectivity index (χ1v) is 5.63. The van der Waals surface area contributed by atoms with E-state index in [2.05, 4.69) is 15.5 Å². The van der Waals surface area contributed by atoms with Gasteiger partial charge in [0.05, 0.1) is 22.3 Å². The average molecular weight is 262 g/mol. The Labute approximate surface area is 109 Å². The predicted molar refractivity (Wildman–Crippen MR) is 70.5 cm³/mol. The lowest BCUT2D eigenvalue weighted by atomic mass is 10.2. The molecule has 1 unspecified atom stereocenters. The van der Waals surface area contributed by atoms with Gasteiger partial charge in [0, 0.05) is 19.2 Å². The van der Waals surface area contributed by atoms with Gasteiger partial charge in [-0.25, -0.2) is 0 Å². The zero-order valence-electron chi connectivity index (χ0n) is 10.6. The first kappa shape index (κ1) is 12.8. The molecule has 8 heteroatoms. The van der Waals surface area contributed by atoms with Crippen LogP contribution in [0.25, 0.3) is 0 Å². The molecule has 0 amide bonds. The van der Waals surface area contributed by atoms with Gasteiger partial charge in [0.1, 0.15) is 6.33 Å². The molecule has 1 heterocycles. The lowest BCUT2D eigenvalue weighted by Crippen LogP contribution is -2.13. The van der Waals surface area contributed by atoms with Crippen LogP contribution in [0.5, 0.6) is 0 Å². The molecule has 100 valence electrons. The Morgan fingerprint density at radius 2 is 2.26 bits per heavy atom. The SMILES string of the molecule is CC(Nc1ccc([N+](=O)[O-])cc1N)c1nncn1C. The zero-order chi connectivity index (χ0) is 14.0. The maximum Gasteiger partial charge on any atom is 0.271 e. The van der Waals surface area contributed by atoms with Crippen LogP contribution >= 0.6 is 0 Å². The fourth-order valence-corrected chi connectivity index (χ4v) is 1.78. The van der Waals surface area contributed by atoms with E-state index in [0.717, 1.165) is 5.82 Å². The van der Waals surface area contributed by atoms with Crippen molar-refractivity contribution in [3.05, 3.63) is 40.5 Å². The molecule has 0 bridgehead atoms. The van der Waals surface area contributed by atoms with Gasteiger partial charge in [-0.05, 0) is 13.0 Å². The summed E-state index contributed by atoms with van der Waals surface area (Å²) in [5.74, 6) is 0.748. The third-order valence-electron chi connectivity index (χ3n) is 2.75. The van der Waals surface area contributed by atoms with Crippen molar-refractivity contribution in [1.29, 1.82) is 0 Å². The monoisotopic (exact) mass is 262 g/mol. The lowest BCUT2D eigenvalue weighted by Gasteiger charge is -2.15. The molecule has 0 fully saturated rings. The number of aryl methyl sites for hydroxylation is 1. The molecule has 19 heavy (non-hydrogen) atoms. The number of non-ortho nitro benzene ring substituents is 1. The Bertz CT molecular complexity index is 609. The number of nitrogens with zero attached hydrogens (tertiary/aromatic N) is 4. The van der Waals surface area contributed by atoms with E-state index in [-0.39, 0.29) is 11.7 Å². The van der Waals surface area contributed by atoms with Gasteiger partial charge < -0.3 is 15.6 Å². The van der Waals surface area contributed by atoms with Gasteiger partial charge in [-0.2, -0.15) is 0 Å². The van der Waals surface area contributed by atoms with E-state index in [1.54, 1.807) is 17.0 Å². The van der Waals surface area contributed by atoms with Crippen LogP contribution in [0, 0.1) is 10.1 Å². The van der Waals surface area contributed by atoms with Crippen molar-refractivity contribution >= 4 is 17.1 Å². The van der Waals surface area contributed by atoms with Gasteiger partial charge in [0.25, 0.3) is 5.69 Å². The van der Waals surface area contributed by atoms with E-state index in [0.29, 0.717) is 11.4 Å². The fourth-order valence-electron chi connectivity index (χ4n) is 1.78. The summed E-state index contributed by atoms with van der Waals surface area (Å²) in [6.07, 6.45) is 1.60. The minimum absolute atomic E-state index is 0.0330. The minimum atomic E-state index is -0.480. The summed E-state index contributed by atoms with van der Waals surface area (Å²) in [7, 11) is 1.84. The van der Waals surface area contributed by atoms with Gasteiger partial charge in [-0.1, -0.05) is 0 Å². The van der Waals surface area contributed by atoms with Crippen molar-refractivity contribution in [1.82, 2.24) is 14.8 Å². The number of rotatable bonds is 4. The van der Waals surface area contributed by atoms with Crippen LogP contribution in [0.15, 0.2) is 24.5 Å². The second-order valence-corrected chi connectivity index (χ2v) is 4.19. The number of anilines is 2. The maximum absolute atomic E-state index is 10.6. The molecule has 0 saturated heterocycles. The first-order chi connectivity index (χ1) is 8.99. The average Bonchev–Trinajstić information content (AvgIpc) is 2.77. The summed E-state index contributed by atoms with van der Waals surface area (Å²) in [6.45, 7) is 1.91. The van der Waals surface area contributed by atoms with Crippen molar-refractivity contribution in [2.75, 3.05) is 11.1 Å².